The van der Waals surface area contributed by atoms with Gasteiger partial charge in [-0.15, -0.1) is 0 Å². The molecule has 0 saturated heterocycles. The van der Waals surface area contributed by atoms with E-state index in [1.54, 1.807) is 0 Å². The van der Waals surface area contributed by atoms with Gasteiger partial charge in [0.05, 0.1) is 6.42 Å². The maximum absolute atomic E-state index is 10.9. The first kappa shape index (κ1) is 11.2. The van der Waals surface area contributed by atoms with E-state index in [9.17, 15) is 4.79 Å². The first-order valence-electron chi connectivity index (χ1n) is 5.96. The van der Waals surface area contributed by atoms with E-state index in [4.69, 9.17) is 5.11 Å². The number of carbonyl (C=O) groups is 1. The highest BCUT2D eigenvalue weighted by atomic mass is 16.4. The van der Waals surface area contributed by atoms with Crippen molar-refractivity contribution in [1.82, 2.24) is 0 Å². The fraction of sp³-hybridized carbons (Fsp3) is 0.500. The lowest BCUT2D eigenvalue weighted by atomic mass is 9.92. The number of rotatable bonds is 4. The van der Waals surface area contributed by atoms with Crippen LogP contribution in [0.15, 0.2) is 12.1 Å². The molecule has 1 saturated carbocycles. The Bertz CT molecular complexity index is 417. The van der Waals surface area contributed by atoms with Gasteiger partial charge in [0.2, 0.25) is 0 Å². The van der Waals surface area contributed by atoms with Gasteiger partial charge in [-0.25, -0.2) is 0 Å². The van der Waals surface area contributed by atoms with Crippen LogP contribution in [0.5, 0.6) is 0 Å². The van der Waals surface area contributed by atoms with Crippen molar-refractivity contribution in [2.45, 2.75) is 45.4 Å². The molecule has 1 aliphatic rings. The van der Waals surface area contributed by atoms with Gasteiger partial charge in [0.25, 0.3) is 0 Å². The molecule has 2 nitrogen and oxygen atoms in total. The highest BCUT2D eigenvalue weighted by Crippen LogP contribution is 2.43. The van der Waals surface area contributed by atoms with Crippen LogP contribution in [0.4, 0.5) is 0 Å². The van der Waals surface area contributed by atoms with Gasteiger partial charge < -0.3 is 5.11 Å². The van der Waals surface area contributed by atoms with Crippen LogP contribution in [0, 0.1) is 6.92 Å². The van der Waals surface area contributed by atoms with E-state index < -0.39 is 5.97 Å². The molecule has 0 aromatic heterocycles. The number of hydrogen-bond donors (Lipinski definition) is 1. The molecule has 0 spiro atoms. The molecular formula is C14H18O2. The summed E-state index contributed by atoms with van der Waals surface area (Å²) in [7, 11) is 0. The van der Waals surface area contributed by atoms with E-state index >= 15 is 0 Å². The molecule has 0 bridgehead atoms. The molecule has 0 heterocycles. The van der Waals surface area contributed by atoms with Crippen LogP contribution in [0.2, 0.25) is 0 Å². The van der Waals surface area contributed by atoms with Gasteiger partial charge in [-0.3, -0.25) is 4.79 Å². The van der Waals surface area contributed by atoms with Crippen LogP contribution in [0.25, 0.3) is 0 Å². The highest BCUT2D eigenvalue weighted by molar-refractivity contribution is 5.72. The average molecular weight is 218 g/mol. The van der Waals surface area contributed by atoms with Gasteiger partial charge in [0, 0.05) is 0 Å². The van der Waals surface area contributed by atoms with Crippen molar-refractivity contribution in [3.8, 4) is 0 Å². The number of hydrogen-bond acceptors (Lipinski definition) is 1. The Labute approximate surface area is 96.3 Å². The predicted octanol–water partition coefficient (Wildman–Crippen LogP) is 3.06. The first-order chi connectivity index (χ1) is 7.61. The van der Waals surface area contributed by atoms with Crippen LogP contribution in [0.3, 0.4) is 0 Å². The Morgan fingerprint density at radius 2 is 2.12 bits per heavy atom. The van der Waals surface area contributed by atoms with Gasteiger partial charge in [-0.2, -0.15) is 0 Å². The molecule has 0 atom stereocenters. The number of aliphatic carboxylic acids is 1. The minimum absolute atomic E-state index is 0.176. The third-order valence-electron chi connectivity index (χ3n) is 3.25. The summed E-state index contributed by atoms with van der Waals surface area (Å²) in [4.78, 5) is 10.9. The second-order valence-corrected chi connectivity index (χ2v) is 4.69. The summed E-state index contributed by atoms with van der Waals surface area (Å²) >= 11 is 0. The van der Waals surface area contributed by atoms with Crippen molar-refractivity contribution < 1.29 is 9.90 Å². The van der Waals surface area contributed by atoms with E-state index in [1.807, 2.05) is 0 Å². The monoisotopic (exact) mass is 218 g/mol. The Morgan fingerprint density at radius 3 is 2.62 bits per heavy atom. The Kier molecular flexibility index (Phi) is 2.99. The minimum atomic E-state index is -0.722. The number of aryl methyl sites for hydroxylation is 2. The lowest BCUT2D eigenvalue weighted by Gasteiger charge is -2.13. The van der Waals surface area contributed by atoms with Gasteiger partial charge in [-0.1, -0.05) is 24.6 Å². The fourth-order valence-corrected chi connectivity index (χ4v) is 2.36. The molecule has 1 aromatic rings. The average Bonchev–Trinajstić information content (AvgIpc) is 3.02. The van der Waals surface area contributed by atoms with Crippen molar-refractivity contribution in [3.63, 3.8) is 0 Å². The first-order valence-corrected chi connectivity index (χ1v) is 5.96. The van der Waals surface area contributed by atoms with Crippen LogP contribution in [0.1, 0.15) is 47.9 Å². The Hall–Kier alpha value is -1.31. The summed E-state index contributed by atoms with van der Waals surface area (Å²) in [6, 6.07) is 4.30. The van der Waals surface area contributed by atoms with Gasteiger partial charge >= 0.3 is 5.97 Å². The predicted molar refractivity (Wildman–Crippen MR) is 63.9 cm³/mol. The second-order valence-electron chi connectivity index (χ2n) is 4.69. The Balaban J connectivity index is 2.46. The van der Waals surface area contributed by atoms with Crippen molar-refractivity contribution in [2.75, 3.05) is 0 Å². The Morgan fingerprint density at radius 1 is 1.44 bits per heavy atom. The molecule has 2 heteroatoms. The summed E-state index contributed by atoms with van der Waals surface area (Å²) < 4.78 is 0. The third-order valence-corrected chi connectivity index (χ3v) is 3.25. The normalized spacial score (nSPS) is 15.1. The molecule has 1 aromatic carbocycles. The van der Waals surface area contributed by atoms with Crippen molar-refractivity contribution in [2.24, 2.45) is 0 Å². The summed E-state index contributed by atoms with van der Waals surface area (Å²) in [6.07, 6.45) is 3.54. The van der Waals surface area contributed by atoms with Crippen LogP contribution < -0.4 is 0 Å². The van der Waals surface area contributed by atoms with E-state index in [-0.39, 0.29) is 6.42 Å². The zero-order chi connectivity index (χ0) is 11.7. The van der Waals surface area contributed by atoms with E-state index in [2.05, 4.69) is 26.0 Å². The molecule has 86 valence electrons. The maximum atomic E-state index is 10.9. The zero-order valence-electron chi connectivity index (χ0n) is 9.92. The lowest BCUT2D eigenvalue weighted by Crippen LogP contribution is -2.07. The molecule has 1 fully saturated rings. The molecule has 0 aliphatic heterocycles. The molecule has 1 aliphatic carbocycles. The SMILES string of the molecule is CCc1cc(C)cc(C2CC2)c1CC(=O)O. The van der Waals surface area contributed by atoms with E-state index in [1.165, 1.54) is 29.5 Å². The molecular weight excluding hydrogens is 200 g/mol. The van der Waals surface area contributed by atoms with Gasteiger partial charge in [-0.05, 0) is 48.8 Å². The smallest absolute Gasteiger partial charge is 0.307 e. The second kappa shape index (κ2) is 4.28. The quantitative estimate of drug-likeness (QED) is 0.843. The van der Waals surface area contributed by atoms with Crippen LogP contribution >= 0.6 is 0 Å². The fourth-order valence-electron chi connectivity index (χ4n) is 2.36. The largest absolute Gasteiger partial charge is 0.481 e. The highest BCUT2D eigenvalue weighted by Gasteiger charge is 2.27. The molecule has 2 rings (SSSR count). The number of benzene rings is 1. The standard InChI is InChI=1S/C14H18O2/c1-3-10-6-9(2)7-12(11-4-5-11)13(10)8-14(15)16/h6-7,11H,3-5,8H2,1-2H3,(H,15,16). The summed E-state index contributed by atoms with van der Waals surface area (Å²) in [5, 5.41) is 8.98. The minimum Gasteiger partial charge on any atom is -0.481 e. The van der Waals surface area contributed by atoms with Crippen molar-refractivity contribution >= 4 is 5.97 Å². The number of carboxylic acid groups (broad SMARTS) is 1. The number of carboxylic acids is 1. The maximum Gasteiger partial charge on any atom is 0.307 e. The van der Waals surface area contributed by atoms with Crippen molar-refractivity contribution in [1.29, 1.82) is 0 Å². The zero-order valence-corrected chi connectivity index (χ0v) is 9.92. The lowest BCUT2D eigenvalue weighted by molar-refractivity contribution is -0.136. The molecule has 16 heavy (non-hydrogen) atoms. The summed E-state index contributed by atoms with van der Waals surface area (Å²) in [5.41, 5.74) is 4.83. The molecule has 0 amide bonds. The third kappa shape index (κ3) is 2.26. The van der Waals surface area contributed by atoms with Crippen molar-refractivity contribution in [3.05, 3.63) is 34.4 Å². The van der Waals surface area contributed by atoms with E-state index in [0.29, 0.717) is 5.92 Å². The summed E-state index contributed by atoms with van der Waals surface area (Å²) in [6.45, 7) is 4.19. The molecule has 0 unspecified atom stereocenters. The van der Waals surface area contributed by atoms with Crippen LogP contribution in [-0.4, -0.2) is 11.1 Å². The summed E-state index contributed by atoms with van der Waals surface area (Å²) in [5.74, 6) is -0.0972. The molecule has 0 radical (unpaired) electrons. The van der Waals surface area contributed by atoms with Gasteiger partial charge in [0.1, 0.15) is 0 Å². The van der Waals surface area contributed by atoms with E-state index in [0.717, 1.165) is 12.0 Å². The molecule has 1 N–H and O–H groups in total. The van der Waals surface area contributed by atoms with Crippen LogP contribution in [-0.2, 0) is 17.6 Å². The topological polar surface area (TPSA) is 37.3 Å². The van der Waals surface area contributed by atoms with Gasteiger partial charge in [0.15, 0.2) is 0 Å².